The van der Waals surface area contributed by atoms with Crippen molar-refractivity contribution in [2.75, 3.05) is 18.4 Å². The van der Waals surface area contributed by atoms with Crippen LogP contribution in [-0.2, 0) is 19.9 Å². The fourth-order valence-electron chi connectivity index (χ4n) is 3.71. The number of nitriles is 1. The van der Waals surface area contributed by atoms with E-state index in [2.05, 4.69) is 26.6 Å². The Hall–Kier alpha value is -4.06. The minimum atomic E-state index is -0.388. The Morgan fingerprint density at radius 2 is 2.12 bits per heavy atom. The van der Waals surface area contributed by atoms with Gasteiger partial charge in [-0.05, 0) is 42.7 Å². The maximum absolute atomic E-state index is 12.7. The van der Waals surface area contributed by atoms with Crippen LogP contribution >= 0.6 is 0 Å². The first-order valence-electron chi connectivity index (χ1n) is 10.4. The molecular weight excluding hydrogens is 406 g/mol. The van der Waals surface area contributed by atoms with Crippen LogP contribution in [0.5, 0.6) is 0 Å². The van der Waals surface area contributed by atoms with Gasteiger partial charge in [0.1, 0.15) is 17.8 Å². The second kappa shape index (κ2) is 9.39. The van der Waals surface area contributed by atoms with Gasteiger partial charge in [0, 0.05) is 44.0 Å². The van der Waals surface area contributed by atoms with Crippen molar-refractivity contribution in [3.8, 4) is 6.07 Å². The molecule has 32 heavy (non-hydrogen) atoms. The number of likely N-dealkylation sites (tertiary alicyclic amines) is 1. The Morgan fingerprint density at radius 3 is 2.88 bits per heavy atom. The van der Waals surface area contributed by atoms with Crippen LogP contribution in [0, 0.1) is 17.2 Å². The van der Waals surface area contributed by atoms with Gasteiger partial charge in [-0.2, -0.15) is 5.26 Å². The number of nitrogens with one attached hydrogen (secondary N) is 1. The summed E-state index contributed by atoms with van der Waals surface area (Å²) in [6.07, 6.45) is 5.30. The summed E-state index contributed by atoms with van der Waals surface area (Å²) in [7, 11) is 1.91. The number of hydrogen-bond donors (Lipinski definition) is 1. The quantitative estimate of drug-likeness (QED) is 0.642. The molecular formula is C23H23N7O2. The van der Waals surface area contributed by atoms with Gasteiger partial charge in [0.25, 0.3) is 11.8 Å². The van der Waals surface area contributed by atoms with Crippen molar-refractivity contribution in [1.29, 1.82) is 5.26 Å². The van der Waals surface area contributed by atoms with Gasteiger partial charge in [0.15, 0.2) is 0 Å². The van der Waals surface area contributed by atoms with Crippen molar-refractivity contribution < 1.29 is 9.59 Å². The van der Waals surface area contributed by atoms with Crippen LogP contribution in [0.15, 0.2) is 48.9 Å². The molecule has 0 spiro atoms. The highest BCUT2D eigenvalue weighted by atomic mass is 16.2. The van der Waals surface area contributed by atoms with Crippen LogP contribution in [0.25, 0.3) is 0 Å². The number of pyridine rings is 1. The van der Waals surface area contributed by atoms with Crippen molar-refractivity contribution >= 4 is 17.5 Å². The molecule has 1 atom stereocenters. The molecule has 1 N–H and O–H groups in total. The van der Waals surface area contributed by atoms with E-state index < -0.39 is 0 Å². The molecule has 1 fully saturated rings. The fraction of sp³-hybridized carbons (Fsp3) is 0.304. The summed E-state index contributed by atoms with van der Waals surface area (Å²) in [6.45, 7) is 0.961. The lowest BCUT2D eigenvalue weighted by Crippen LogP contribution is -2.29. The Kier molecular flexibility index (Phi) is 6.22. The molecule has 0 saturated carbocycles. The van der Waals surface area contributed by atoms with Crippen molar-refractivity contribution in [2.45, 2.75) is 19.3 Å². The van der Waals surface area contributed by atoms with Crippen LogP contribution in [-0.4, -0.2) is 49.6 Å². The van der Waals surface area contributed by atoms with Crippen LogP contribution < -0.4 is 5.32 Å². The first-order chi connectivity index (χ1) is 15.5. The van der Waals surface area contributed by atoms with Gasteiger partial charge in [-0.3, -0.25) is 14.6 Å². The molecule has 0 radical (unpaired) electrons. The minimum Gasteiger partial charge on any atom is -0.337 e. The van der Waals surface area contributed by atoms with E-state index in [1.165, 1.54) is 12.3 Å². The van der Waals surface area contributed by atoms with Crippen molar-refractivity contribution in [1.82, 2.24) is 24.6 Å². The molecule has 1 aliphatic rings. The molecule has 1 aromatic carbocycles. The number of anilines is 1. The molecule has 0 bridgehead atoms. The zero-order valence-electron chi connectivity index (χ0n) is 17.7. The van der Waals surface area contributed by atoms with Gasteiger partial charge in [-0.25, -0.2) is 0 Å². The van der Waals surface area contributed by atoms with Crippen molar-refractivity contribution in [3.63, 3.8) is 0 Å². The van der Waals surface area contributed by atoms with E-state index >= 15 is 0 Å². The fourth-order valence-corrected chi connectivity index (χ4v) is 3.71. The number of nitrogens with zero attached hydrogens (tertiary/aromatic N) is 6. The van der Waals surface area contributed by atoms with E-state index in [4.69, 9.17) is 5.26 Å². The Balaban J connectivity index is 1.41. The molecule has 162 valence electrons. The Bertz CT molecular complexity index is 1180. The summed E-state index contributed by atoms with van der Waals surface area (Å²) in [5, 5.41) is 19.9. The van der Waals surface area contributed by atoms with Gasteiger partial charge in [0.2, 0.25) is 0 Å². The normalized spacial score (nSPS) is 15.4. The Morgan fingerprint density at radius 1 is 1.25 bits per heavy atom. The maximum Gasteiger partial charge on any atom is 0.274 e. The van der Waals surface area contributed by atoms with Crippen LogP contribution in [0.2, 0.25) is 0 Å². The summed E-state index contributed by atoms with van der Waals surface area (Å²) in [6, 6.07) is 12.9. The molecule has 0 aliphatic carbocycles. The SMILES string of the molecule is Cn1cnnc1CCc1cccc(NC(=O)c2cc(C(=O)N3CCC(C#N)C3)ccn2)c1. The standard InChI is InChI=1S/C23H23N7O2/c1-29-15-26-28-21(29)6-5-16-3-2-4-19(11-16)27-22(31)20-12-18(7-9-25-20)23(32)30-10-8-17(13-24)14-30/h2-4,7,9,11-12,15,17H,5-6,8,10,14H2,1H3,(H,27,31). The predicted molar refractivity (Wildman–Crippen MR) is 117 cm³/mol. The topological polar surface area (TPSA) is 117 Å². The van der Waals surface area contributed by atoms with Gasteiger partial charge in [-0.1, -0.05) is 12.1 Å². The van der Waals surface area contributed by atoms with E-state index in [1.54, 1.807) is 17.3 Å². The highest BCUT2D eigenvalue weighted by molar-refractivity contribution is 6.04. The predicted octanol–water partition coefficient (Wildman–Crippen LogP) is 2.23. The highest BCUT2D eigenvalue weighted by Gasteiger charge is 2.27. The van der Waals surface area contributed by atoms with Gasteiger partial charge < -0.3 is 14.8 Å². The maximum atomic E-state index is 12.7. The summed E-state index contributed by atoms with van der Waals surface area (Å²) in [5.74, 6) is 0.181. The average Bonchev–Trinajstić information content (AvgIpc) is 3.46. The smallest absolute Gasteiger partial charge is 0.274 e. The van der Waals surface area contributed by atoms with E-state index in [0.29, 0.717) is 30.8 Å². The van der Waals surface area contributed by atoms with E-state index in [9.17, 15) is 9.59 Å². The minimum absolute atomic E-state index is 0.135. The van der Waals surface area contributed by atoms with Crippen LogP contribution in [0.1, 0.15) is 38.7 Å². The Labute approximate surface area is 185 Å². The number of aryl methyl sites for hydroxylation is 3. The van der Waals surface area contributed by atoms with Gasteiger partial charge in [-0.15, -0.1) is 10.2 Å². The summed E-state index contributed by atoms with van der Waals surface area (Å²) in [5.41, 5.74) is 2.27. The summed E-state index contributed by atoms with van der Waals surface area (Å²) >= 11 is 0. The van der Waals surface area contributed by atoms with Crippen LogP contribution in [0.4, 0.5) is 5.69 Å². The average molecular weight is 429 g/mol. The summed E-state index contributed by atoms with van der Waals surface area (Å²) < 4.78 is 1.88. The third-order valence-corrected chi connectivity index (χ3v) is 5.52. The molecule has 1 unspecified atom stereocenters. The molecule has 2 amide bonds. The monoisotopic (exact) mass is 429 g/mol. The third kappa shape index (κ3) is 4.81. The molecule has 4 rings (SSSR count). The molecule has 3 heterocycles. The number of aromatic nitrogens is 4. The number of carbonyl (C=O) groups is 2. The zero-order valence-corrected chi connectivity index (χ0v) is 17.7. The largest absolute Gasteiger partial charge is 0.337 e. The number of rotatable bonds is 6. The van der Waals surface area contributed by atoms with E-state index in [-0.39, 0.29) is 23.4 Å². The van der Waals surface area contributed by atoms with Gasteiger partial charge >= 0.3 is 0 Å². The van der Waals surface area contributed by atoms with Crippen molar-refractivity contribution in [2.24, 2.45) is 13.0 Å². The molecule has 3 aromatic rings. The van der Waals surface area contributed by atoms with E-state index in [1.807, 2.05) is 35.9 Å². The first kappa shape index (κ1) is 21.2. The second-order valence-corrected chi connectivity index (χ2v) is 7.81. The third-order valence-electron chi connectivity index (χ3n) is 5.52. The lowest BCUT2D eigenvalue weighted by atomic mass is 10.1. The van der Waals surface area contributed by atoms with Gasteiger partial charge in [0.05, 0.1) is 12.0 Å². The molecule has 9 nitrogen and oxygen atoms in total. The number of hydrogen-bond acceptors (Lipinski definition) is 6. The second-order valence-electron chi connectivity index (χ2n) is 7.81. The van der Waals surface area contributed by atoms with E-state index in [0.717, 1.165) is 24.2 Å². The summed E-state index contributed by atoms with van der Waals surface area (Å²) in [4.78, 5) is 31.2. The number of carbonyl (C=O) groups excluding carboxylic acids is 2. The highest BCUT2D eigenvalue weighted by Crippen LogP contribution is 2.19. The zero-order chi connectivity index (χ0) is 22.5. The lowest BCUT2D eigenvalue weighted by molar-refractivity contribution is 0.0789. The van der Waals surface area contributed by atoms with Crippen molar-refractivity contribution in [3.05, 3.63) is 71.6 Å². The first-order valence-corrected chi connectivity index (χ1v) is 10.4. The molecule has 9 heteroatoms. The molecule has 2 aromatic heterocycles. The molecule has 1 aliphatic heterocycles. The molecule has 1 saturated heterocycles. The number of amides is 2. The number of benzene rings is 1. The van der Waals surface area contributed by atoms with Crippen LogP contribution in [0.3, 0.4) is 0 Å². The lowest BCUT2D eigenvalue weighted by Gasteiger charge is -2.15.